The number of fused-ring (bicyclic) bond motifs is 2. The normalized spacial score (nSPS) is 17.0. The van der Waals surface area contributed by atoms with Gasteiger partial charge in [-0.05, 0) is 47.5 Å². The van der Waals surface area contributed by atoms with Crippen LogP contribution < -0.4 is 5.32 Å². The van der Waals surface area contributed by atoms with E-state index in [4.69, 9.17) is 0 Å². The first kappa shape index (κ1) is 27.3. The van der Waals surface area contributed by atoms with E-state index >= 15 is 0 Å². The molecule has 2 aliphatic rings. The van der Waals surface area contributed by atoms with Crippen molar-refractivity contribution in [1.82, 2.24) is 14.9 Å². The first-order valence-corrected chi connectivity index (χ1v) is 14.0. The van der Waals surface area contributed by atoms with Gasteiger partial charge in [-0.15, -0.1) is 0 Å². The number of carbonyl (C=O) groups excluding carboxylic acids is 2. The Bertz CT molecular complexity index is 1750. The molecule has 3 aromatic rings. The van der Waals surface area contributed by atoms with Crippen molar-refractivity contribution >= 4 is 38.4 Å². The zero-order chi connectivity index (χ0) is 28.7. The number of allylic oxidation sites excluding steroid dienone is 5. The largest absolute Gasteiger partial charge is 0.449 e. The molecule has 40 heavy (non-hydrogen) atoms. The average Bonchev–Trinajstić information content (AvgIpc) is 3.30. The van der Waals surface area contributed by atoms with Crippen LogP contribution in [0.5, 0.6) is 0 Å². The number of benzene rings is 2. The number of alkyl halides is 3. The van der Waals surface area contributed by atoms with Crippen molar-refractivity contribution in [3.8, 4) is 0 Å². The minimum absolute atomic E-state index is 0.0233. The maximum absolute atomic E-state index is 14.0. The summed E-state index contributed by atoms with van der Waals surface area (Å²) in [7, 11) is -3.35. The van der Waals surface area contributed by atoms with Crippen molar-refractivity contribution < 1.29 is 31.2 Å². The zero-order valence-corrected chi connectivity index (χ0v) is 22.0. The Balaban J connectivity index is 1.39. The van der Waals surface area contributed by atoms with Gasteiger partial charge in [0.2, 0.25) is 5.82 Å². The molecule has 0 saturated carbocycles. The Morgan fingerprint density at radius 2 is 1.85 bits per heavy atom. The molecular weight excluding hydrogens is 545 g/mol. The quantitative estimate of drug-likeness (QED) is 0.454. The van der Waals surface area contributed by atoms with E-state index in [0.29, 0.717) is 16.8 Å². The monoisotopic (exact) mass is 568 g/mol. The summed E-state index contributed by atoms with van der Waals surface area (Å²) < 4.78 is 67.0. The van der Waals surface area contributed by atoms with Gasteiger partial charge in [0.15, 0.2) is 9.84 Å². The Morgan fingerprint density at radius 3 is 2.55 bits per heavy atom. The van der Waals surface area contributed by atoms with Crippen molar-refractivity contribution in [2.75, 3.05) is 5.75 Å². The smallest absolute Gasteiger partial charge is 0.348 e. The van der Waals surface area contributed by atoms with E-state index in [1.54, 1.807) is 43.4 Å². The van der Waals surface area contributed by atoms with Crippen molar-refractivity contribution in [3.63, 3.8) is 0 Å². The fraction of sp³-hybridized carbons (Fsp3) is 0.214. The first-order valence-electron chi connectivity index (χ1n) is 12.3. The van der Waals surface area contributed by atoms with Crippen LogP contribution in [-0.4, -0.2) is 41.2 Å². The van der Waals surface area contributed by atoms with Crippen molar-refractivity contribution in [3.05, 3.63) is 95.4 Å². The fourth-order valence-corrected chi connectivity index (χ4v) is 5.48. The predicted octanol–water partition coefficient (Wildman–Crippen LogP) is 4.43. The molecule has 0 saturated heterocycles. The summed E-state index contributed by atoms with van der Waals surface area (Å²) in [6.45, 7) is 1.39. The third-order valence-corrected chi connectivity index (χ3v) is 8.42. The van der Waals surface area contributed by atoms with E-state index in [0.717, 1.165) is 4.57 Å². The van der Waals surface area contributed by atoms with Crippen molar-refractivity contribution in [2.24, 2.45) is 10.9 Å². The summed E-state index contributed by atoms with van der Waals surface area (Å²) >= 11 is 0. The number of imidazole rings is 1. The lowest BCUT2D eigenvalue weighted by Crippen LogP contribution is -2.25. The van der Waals surface area contributed by atoms with E-state index in [2.05, 4.69) is 15.3 Å². The number of dihydropyridines is 1. The number of nitrogens with one attached hydrogen (secondary N) is 1. The van der Waals surface area contributed by atoms with Crippen LogP contribution in [0.15, 0.2) is 88.3 Å². The zero-order valence-electron chi connectivity index (χ0n) is 21.1. The number of aliphatic imine (C=N–C) groups is 1. The molecule has 1 unspecified atom stereocenters. The summed E-state index contributed by atoms with van der Waals surface area (Å²) in [6.07, 6.45) is 3.34. The van der Waals surface area contributed by atoms with Crippen molar-refractivity contribution in [1.29, 1.82) is 0 Å². The molecule has 2 aromatic carbocycles. The van der Waals surface area contributed by atoms with Gasteiger partial charge < -0.3 is 9.88 Å². The standard InChI is InChI=1S/C28H23F3N4O4S/c1-2-40(38,39)20-10-7-17(8-11-20)15-32-26(37)18-9-12-24-23(13-18)34-27(28(29,30)31)35(24)16-19-14-25(36)33-22-6-4-3-5-21(19)22/h3-14,21H,2,15-16H2,1H3,(H,32,37). The summed E-state index contributed by atoms with van der Waals surface area (Å²) in [6, 6.07) is 10.2. The van der Waals surface area contributed by atoms with Gasteiger partial charge in [0.05, 0.1) is 27.4 Å². The summed E-state index contributed by atoms with van der Waals surface area (Å²) in [5, 5.41) is 2.69. The second-order valence-corrected chi connectivity index (χ2v) is 11.5. The molecule has 1 N–H and O–H groups in total. The second-order valence-electron chi connectivity index (χ2n) is 9.27. The molecule has 1 aliphatic heterocycles. The van der Waals surface area contributed by atoms with Crippen LogP contribution in [-0.2, 0) is 33.9 Å². The number of nitrogens with zero attached hydrogens (tertiary/aromatic N) is 3. The lowest BCUT2D eigenvalue weighted by Gasteiger charge is -2.23. The number of halogens is 3. The topological polar surface area (TPSA) is 110 Å². The first-order chi connectivity index (χ1) is 19.0. The minimum atomic E-state index is -4.78. The van der Waals surface area contributed by atoms with Crippen LogP contribution in [0.25, 0.3) is 11.0 Å². The van der Waals surface area contributed by atoms with Gasteiger partial charge >= 0.3 is 6.18 Å². The number of amides is 2. The Labute approximate surface area is 227 Å². The highest BCUT2D eigenvalue weighted by Gasteiger charge is 2.38. The van der Waals surface area contributed by atoms with Gasteiger partial charge in [0.25, 0.3) is 11.8 Å². The van der Waals surface area contributed by atoms with Gasteiger partial charge in [0.1, 0.15) is 0 Å². The molecule has 206 valence electrons. The Hall–Kier alpha value is -4.32. The number of hydrogen-bond acceptors (Lipinski definition) is 5. The third-order valence-electron chi connectivity index (χ3n) is 6.67. The molecule has 0 radical (unpaired) electrons. The maximum Gasteiger partial charge on any atom is 0.449 e. The second kappa shape index (κ2) is 10.3. The third kappa shape index (κ3) is 5.39. The average molecular weight is 569 g/mol. The van der Waals surface area contributed by atoms with E-state index in [1.807, 2.05) is 0 Å². The number of hydrogen-bond donors (Lipinski definition) is 1. The molecule has 12 heteroatoms. The number of rotatable bonds is 7. The number of carbonyl (C=O) groups is 2. The van der Waals surface area contributed by atoms with Crippen LogP contribution in [0.4, 0.5) is 13.2 Å². The Morgan fingerprint density at radius 1 is 1.10 bits per heavy atom. The van der Waals surface area contributed by atoms with Gasteiger partial charge in [-0.3, -0.25) is 9.59 Å². The highest BCUT2D eigenvalue weighted by molar-refractivity contribution is 7.91. The molecule has 0 spiro atoms. The molecule has 2 amide bonds. The van der Waals surface area contributed by atoms with Gasteiger partial charge in [-0.25, -0.2) is 18.4 Å². The summed E-state index contributed by atoms with van der Waals surface area (Å²) in [4.78, 5) is 32.8. The highest BCUT2D eigenvalue weighted by atomic mass is 32.2. The van der Waals surface area contributed by atoms with Crippen molar-refractivity contribution in [2.45, 2.75) is 31.1 Å². The van der Waals surface area contributed by atoms with Crippen LogP contribution in [0, 0.1) is 5.92 Å². The lowest BCUT2D eigenvalue weighted by molar-refractivity contribution is -0.146. The lowest BCUT2D eigenvalue weighted by atomic mass is 9.88. The summed E-state index contributed by atoms with van der Waals surface area (Å²) in [5.74, 6) is -2.68. The molecule has 1 aliphatic carbocycles. The molecule has 2 heterocycles. The van der Waals surface area contributed by atoms with Crippen LogP contribution in [0.2, 0.25) is 0 Å². The molecule has 0 fully saturated rings. The number of aromatic nitrogens is 2. The maximum atomic E-state index is 14.0. The molecule has 0 bridgehead atoms. The highest BCUT2D eigenvalue weighted by Crippen LogP contribution is 2.34. The van der Waals surface area contributed by atoms with E-state index in [1.165, 1.54) is 36.4 Å². The van der Waals surface area contributed by atoms with Crippen LogP contribution >= 0.6 is 0 Å². The van der Waals surface area contributed by atoms with Crippen LogP contribution in [0.1, 0.15) is 28.7 Å². The van der Waals surface area contributed by atoms with Gasteiger partial charge in [-0.1, -0.05) is 37.3 Å². The molecule has 5 rings (SSSR count). The minimum Gasteiger partial charge on any atom is -0.348 e. The predicted molar refractivity (Wildman–Crippen MR) is 142 cm³/mol. The molecular formula is C28H23F3N4O4S. The molecule has 1 aromatic heterocycles. The summed E-state index contributed by atoms with van der Waals surface area (Å²) in [5.41, 5.74) is 1.80. The van der Waals surface area contributed by atoms with E-state index in [9.17, 15) is 31.2 Å². The fourth-order valence-electron chi connectivity index (χ4n) is 4.60. The van der Waals surface area contributed by atoms with Gasteiger partial charge in [-0.2, -0.15) is 13.2 Å². The molecule has 1 atom stereocenters. The van der Waals surface area contributed by atoms with Crippen LogP contribution in [0.3, 0.4) is 0 Å². The molecule has 8 nitrogen and oxygen atoms in total. The Kier molecular flexibility index (Phi) is 7.05. The number of sulfone groups is 1. The SMILES string of the molecule is CCS(=O)(=O)c1ccc(CNC(=O)c2ccc3c(c2)nc(C(F)(F)F)n3CC2=CC(=O)N=C3C=CC=CC23)cc1. The van der Waals surface area contributed by atoms with E-state index in [-0.39, 0.29) is 40.3 Å². The van der Waals surface area contributed by atoms with E-state index < -0.39 is 39.6 Å². The van der Waals surface area contributed by atoms with Gasteiger partial charge in [0, 0.05) is 30.6 Å².